The van der Waals surface area contributed by atoms with Crippen molar-refractivity contribution in [3.05, 3.63) is 30.3 Å². The summed E-state index contributed by atoms with van der Waals surface area (Å²) in [6, 6.07) is 8.18. The lowest BCUT2D eigenvalue weighted by Crippen LogP contribution is -2.39. The molecule has 104 valence electrons. The van der Waals surface area contributed by atoms with E-state index in [2.05, 4.69) is 4.72 Å². The van der Waals surface area contributed by atoms with Gasteiger partial charge in [-0.2, -0.15) is 0 Å². The number of carbonyl (C=O) groups is 1. The lowest BCUT2D eigenvalue weighted by molar-refractivity contribution is -0.122. The first-order valence-corrected chi connectivity index (χ1v) is 7.84. The lowest BCUT2D eigenvalue weighted by Gasteiger charge is -2.27. The third kappa shape index (κ3) is 3.54. The Labute approximate surface area is 113 Å². The fourth-order valence-electron chi connectivity index (χ4n) is 2.38. The van der Waals surface area contributed by atoms with Crippen molar-refractivity contribution in [2.75, 3.05) is 0 Å². The van der Waals surface area contributed by atoms with Crippen LogP contribution in [-0.4, -0.2) is 20.4 Å². The number of carbonyl (C=O) groups excluding carboxylic acids is 1. The number of sulfonamides is 1. The SMILES string of the molecule is NC(=O)[C@H]1CC[C@H](NS(=O)(=O)c2ccccc2)CC1. The van der Waals surface area contributed by atoms with Gasteiger partial charge in [-0.05, 0) is 37.8 Å². The molecule has 1 fully saturated rings. The number of amides is 1. The highest BCUT2D eigenvalue weighted by molar-refractivity contribution is 7.89. The van der Waals surface area contributed by atoms with Crippen molar-refractivity contribution < 1.29 is 13.2 Å². The van der Waals surface area contributed by atoms with Crippen LogP contribution in [0.15, 0.2) is 35.2 Å². The second-order valence-corrected chi connectivity index (χ2v) is 6.60. The topological polar surface area (TPSA) is 89.3 Å². The Morgan fingerprint density at radius 2 is 1.68 bits per heavy atom. The minimum atomic E-state index is -3.46. The molecule has 0 spiro atoms. The maximum absolute atomic E-state index is 12.1. The lowest BCUT2D eigenvalue weighted by atomic mass is 9.86. The number of hydrogen-bond donors (Lipinski definition) is 2. The summed E-state index contributed by atoms with van der Waals surface area (Å²) in [5.41, 5.74) is 5.25. The van der Waals surface area contributed by atoms with Crippen molar-refractivity contribution >= 4 is 15.9 Å². The highest BCUT2D eigenvalue weighted by atomic mass is 32.2. The molecule has 1 aliphatic carbocycles. The molecule has 0 radical (unpaired) electrons. The Morgan fingerprint density at radius 1 is 1.11 bits per heavy atom. The molecule has 0 bridgehead atoms. The Morgan fingerprint density at radius 3 is 2.21 bits per heavy atom. The van der Waals surface area contributed by atoms with E-state index in [1.165, 1.54) is 0 Å². The highest BCUT2D eigenvalue weighted by Crippen LogP contribution is 2.25. The molecule has 0 heterocycles. The van der Waals surface area contributed by atoms with Gasteiger partial charge in [0.05, 0.1) is 4.90 Å². The molecule has 5 nitrogen and oxygen atoms in total. The van der Waals surface area contributed by atoms with Gasteiger partial charge in [-0.3, -0.25) is 4.79 Å². The average Bonchev–Trinajstić information content (AvgIpc) is 2.40. The van der Waals surface area contributed by atoms with Crippen LogP contribution in [0.5, 0.6) is 0 Å². The van der Waals surface area contributed by atoms with Crippen molar-refractivity contribution in [2.24, 2.45) is 11.7 Å². The van der Waals surface area contributed by atoms with Gasteiger partial charge >= 0.3 is 0 Å². The number of benzene rings is 1. The summed E-state index contributed by atoms with van der Waals surface area (Å²) in [6.07, 6.45) is 2.61. The number of hydrogen-bond acceptors (Lipinski definition) is 3. The standard InChI is InChI=1S/C13H18N2O3S/c14-13(16)10-6-8-11(9-7-10)15-19(17,18)12-4-2-1-3-5-12/h1-5,10-11,15H,6-9H2,(H2,14,16)/t10-,11-. The minimum Gasteiger partial charge on any atom is -0.369 e. The molecule has 0 saturated heterocycles. The minimum absolute atomic E-state index is 0.110. The summed E-state index contributed by atoms with van der Waals surface area (Å²) in [5, 5.41) is 0. The molecule has 6 heteroatoms. The molecule has 1 aromatic carbocycles. The van der Waals surface area contributed by atoms with E-state index in [1.54, 1.807) is 30.3 Å². The molecule has 0 unspecified atom stereocenters. The van der Waals surface area contributed by atoms with Gasteiger partial charge in [-0.25, -0.2) is 13.1 Å². The van der Waals surface area contributed by atoms with E-state index in [9.17, 15) is 13.2 Å². The molecular weight excluding hydrogens is 264 g/mol. The Hall–Kier alpha value is -1.40. The first kappa shape index (κ1) is 14.0. The summed E-state index contributed by atoms with van der Waals surface area (Å²) in [7, 11) is -3.46. The van der Waals surface area contributed by atoms with Crippen LogP contribution in [0.1, 0.15) is 25.7 Å². The van der Waals surface area contributed by atoms with E-state index >= 15 is 0 Å². The fraction of sp³-hybridized carbons (Fsp3) is 0.462. The van der Waals surface area contributed by atoms with Crippen LogP contribution < -0.4 is 10.5 Å². The van der Waals surface area contributed by atoms with Crippen molar-refractivity contribution in [1.29, 1.82) is 0 Å². The van der Waals surface area contributed by atoms with Crippen LogP contribution in [0.4, 0.5) is 0 Å². The van der Waals surface area contributed by atoms with Gasteiger partial charge in [0.1, 0.15) is 0 Å². The van der Waals surface area contributed by atoms with Crippen molar-refractivity contribution in [2.45, 2.75) is 36.6 Å². The fourth-order valence-corrected chi connectivity index (χ4v) is 3.71. The maximum Gasteiger partial charge on any atom is 0.240 e. The van der Waals surface area contributed by atoms with E-state index in [4.69, 9.17) is 5.73 Å². The zero-order chi connectivity index (χ0) is 13.9. The smallest absolute Gasteiger partial charge is 0.240 e. The van der Waals surface area contributed by atoms with Gasteiger partial charge in [0.15, 0.2) is 0 Å². The number of nitrogens with two attached hydrogens (primary N) is 1. The molecule has 0 aromatic heterocycles. The molecule has 2 rings (SSSR count). The third-order valence-electron chi connectivity index (χ3n) is 3.50. The number of nitrogens with one attached hydrogen (secondary N) is 1. The van der Waals surface area contributed by atoms with Gasteiger partial charge in [-0.1, -0.05) is 18.2 Å². The monoisotopic (exact) mass is 282 g/mol. The van der Waals surface area contributed by atoms with Crippen molar-refractivity contribution in [3.63, 3.8) is 0 Å². The van der Waals surface area contributed by atoms with Crippen LogP contribution in [0, 0.1) is 5.92 Å². The molecule has 1 saturated carbocycles. The molecule has 1 amide bonds. The highest BCUT2D eigenvalue weighted by Gasteiger charge is 2.27. The van der Waals surface area contributed by atoms with E-state index in [-0.39, 0.29) is 22.8 Å². The number of rotatable bonds is 4. The summed E-state index contributed by atoms with van der Waals surface area (Å²) >= 11 is 0. The summed E-state index contributed by atoms with van der Waals surface area (Å²) in [6.45, 7) is 0. The summed E-state index contributed by atoms with van der Waals surface area (Å²) in [4.78, 5) is 11.3. The summed E-state index contributed by atoms with van der Waals surface area (Å²) < 4.78 is 26.9. The van der Waals surface area contributed by atoms with Gasteiger partial charge in [0, 0.05) is 12.0 Å². The van der Waals surface area contributed by atoms with Crippen LogP contribution >= 0.6 is 0 Å². The second kappa shape index (κ2) is 5.71. The quantitative estimate of drug-likeness (QED) is 0.863. The molecule has 1 aromatic rings. The van der Waals surface area contributed by atoms with E-state index < -0.39 is 10.0 Å². The molecule has 0 aliphatic heterocycles. The predicted octanol–water partition coefficient (Wildman–Crippen LogP) is 1.01. The molecule has 0 atom stereocenters. The molecule has 1 aliphatic rings. The largest absolute Gasteiger partial charge is 0.369 e. The van der Waals surface area contributed by atoms with Gasteiger partial charge in [-0.15, -0.1) is 0 Å². The second-order valence-electron chi connectivity index (χ2n) is 4.89. The Kier molecular flexibility index (Phi) is 4.21. The van der Waals surface area contributed by atoms with Crippen LogP contribution in [0.25, 0.3) is 0 Å². The van der Waals surface area contributed by atoms with E-state index in [1.807, 2.05) is 0 Å². The first-order chi connectivity index (χ1) is 8.99. The average molecular weight is 282 g/mol. The van der Waals surface area contributed by atoms with E-state index in [0.717, 1.165) is 0 Å². The van der Waals surface area contributed by atoms with Crippen LogP contribution in [-0.2, 0) is 14.8 Å². The van der Waals surface area contributed by atoms with Gasteiger partial charge in [0.25, 0.3) is 0 Å². The van der Waals surface area contributed by atoms with Crippen LogP contribution in [0.3, 0.4) is 0 Å². The van der Waals surface area contributed by atoms with Crippen LogP contribution in [0.2, 0.25) is 0 Å². The normalized spacial score (nSPS) is 24.0. The maximum atomic E-state index is 12.1. The van der Waals surface area contributed by atoms with Crippen molar-refractivity contribution in [3.8, 4) is 0 Å². The number of primary amides is 1. The molecule has 19 heavy (non-hydrogen) atoms. The molecular formula is C13H18N2O3S. The summed E-state index contributed by atoms with van der Waals surface area (Å²) in [5.74, 6) is -0.401. The van der Waals surface area contributed by atoms with E-state index in [0.29, 0.717) is 25.7 Å². The zero-order valence-electron chi connectivity index (χ0n) is 10.6. The third-order valence-corrected chi connectivity index (χ3v) is 5.04. The Balaban J connectivity index is 1.98. The Bertz CT molecular complexity index is 534. The van der Waals surface area contributed by atoms with Crippen molar-refractivity contribution in [1.82, 2.24) is 4.72 Å². The van der Waals surface area contributed by atoms with Gasteiger partial charge in [0.2, 0.25) is 15.9 Å². The zero-order valence-corrected chi connectivity index (χ0v) is 11.4. The predicted molar refractivity (Wildman–Crippen MR) is 71.7 cm³/mol. The molecule has 3 N–H and O–H groups in total. The van der Waals surface area contributed by atoms with Gasteiger partial charge < -0.3 is 5.73 Å². The first-order valence-electron chi connectivity index (χ1n) is 6.36.